The van der Waals surface area contributed by atoms with Crippen molar-refractivity contribution in [2.24, 2.45) is 5.73 Å². The second-order valence-corrected chi connectivity index (χ2v) is 8.14. The van der Waals surface area contributed by atoms with Gasteiger partial charge in [-0.25, -0.2) is 12.4 Å². The van der Waals surface area contributed by atoms with E-state index in [2.05, 4.69) is 9.88 Å². The Labute approximate surface area is 146 Å². The number of nitrogens with zero attached hydrogens (tertiary/aromatic N) is 3. The number of hydrogen-bond acceptors (Lipinski definition) is 5. The van der Waals surface area contributed by atoms with Gasteiger partial charge in [-0.3, -0.25) is 4.98 Å². The Morgan fingerprint density at radius 2 is 1.76 bits per heavy atom. The van der Waals surface area contributed by atoms with Gasteiger partial charge in [0.15, 0.2) is 0 Å². The zero-order chi connectivity index (χ0) is 17.4. The fourth-order valence-electron chi connectivity index (χ4n) is 3.29. The largest absolute Gasteiger partial charge is 0.368 e. The van der Waals surface area contributed by atoms with Crippen molar-refractivity contribution in [2.75, 3.05) is 18.0 Å². The Kier molecular flexibility index (Phi) is 3.97. The van der Waals surface area contributed by atoms with Crippen LogP contribution in [0.5, 0.6) is 0 Å². The molecular weight excluding hydrogens is 336 g/mol. The van der Waals surface area contributed by atoms with Crippen LogP contribution in [-0.2, 0) is 10.0 Å². The molecule has 0 spiro atoms. The van der Waals surface area contributed by atoms with Crippen molar-refractivity contribution in [1.82, 2.24) is 8.96 Å². The van der Waals surface area contributed by atoms with Crippen LogP contribution in [0.15, 0.2) is 59.8 Å². The van der Waals surface area contributed by atoms with E-state index in [-0.39, 0.29) is 10.9 Å². The molecular formula is C18H20N4O2S. The Morgan fingerprint density at radius 3 is 2.48 bits per heavy atom. The fraction of sp³-hybridized carbons (Fsp3) is 0.278. The smallest absolute Gasteiger partial charge is 0.268 e. The molecule has 1 aliphatic heterocycles. The average molecular weight is 356 g/mol. The third-order valence-corrected chi connectivity index (χ3v) is 6.37. The van der Waals surface area contributed by atoms with E-state index in [1.54, 1.807) is 54.9 Å². The van der Waals surface area contributed by atoms with Crippen molar-refractivity contribution < 1.29 is 8.42 Å². The third-order valence-electron chi connectivity index (χ3n) is 4.69. The van der Waals surface area contributed by atoms with E-state index in [4.69, 9.17) is 5.73 Å². The Balaban J connectivity index is 1.86. The van der Waals surface area contributed by atoms with Gasteiger partial charge in [-0.1, -0.05) is 18.2 Å². The van der Waals surface area contributed by atoms with Crippen LogP contribution in [0.4, 0.5) is 5.69 Å². The molecule has 130 valence electrons. The number of pyridine rings is 1. The quantitative estimate of drug-likeness (QED) is 0.778. The first kappa shape index (κ1) is 16.1. The monoisotopic (exact) mass is 356 g/mol. The molecule has 4 rings (SSSR count). The molecule has 2 aromatic heterocycles. The average Bonchev–Trinajstić information content (AvgIpc) is 3.04. The van der Waals surface area contributed by atoms with E-state index >= 15 is 0 Å². The lowest BCUT2D eigenvalue weighted by Crippen LogP contribution is -2.39. The van der Waals surface area contributed by atoms with E-state index in [1.165, 1.54) is 3.97 Å². The van der Waals surface area contributed by atoms with E-state index < -0.39 is 10.0 Å². The van der Waals surface area contributed by atoms with Crippen molar-refractivity contribution in [3.05, 3.63) is 54.9 Å². The minimum atomic E-state index is -3.67. The number of aromatic nitrogens is 2. The summed E-state index contributed by atoms with van der Waals surface area (Å²) in [5, 5.41) is 0. The maximum Gasteiger partial charge on any atom is 0.268 e. The Morgan fingerprint density at radius 1 is 1.04 bits per heavy atom. The molecule has 3 aromatic rings. The molecule has 1 fully saturated rings. The van der Waals surface area contributed by atoms with Crippen LogP contribution in [0.1, 0.15) is 12.8 Å². The van der Waals surface area contributed by atoms with Crippen molar-refractivity contribution in [1.29, 1.82) is 0 Å². The third kappa shape index (κ3) is 2.79. The van der Waals surface area contributed by atoms with Gasteiger partial charge in [0.25, 0.3) is 10.0 Å². The van der Waals surface area contributed by atoms with Crippen LogP contribution < -0.4 is 10.6 Å². The SMILES string of the molecule is NC1CCN(c2cn(S(=O)(=O)c3ccccc3)c3cccnc23)CC1. The van der Waals surface area contributed by atoms with Gasteiger partial charge in [-0.2, -0.15) is 0 Å². The van der Waals surface area contributed by atoms with Gasteiger partial charge in [-0.15, -0.1) is 0 Å². The maximum atomic E-state index is 13.1. The molecule has 1 aliphatic rings. The second kappa shape index (κ2) is 6.16. The summed E-state index contributed by atoms with van der Waals surface area (Å²) in [7, 11) is -3.67. The topological polar surface area (TPSA) is 81.2 Å². The first-order valence-corrected chi connectivity index (χ1v) is 9.78. The molecule has 3 heterocycles. The fourth-order valence-corrected chi connectivity index (χ4v) is 4.66. The highest BCUT2D eigenvalue weighted by molar-refractivity contribution is 7.90. The zero-order valence-electron chi connectivity index (χ0n) is 13.7. The molecule has 2 N–H and O–H groups in total. The number of fused-ring (bicyclic) bond motifs is 1. The summed E-state index contributed by atoms with van der Waals surface area (Å²) in [5.41, 5.74) is 8.14. The van der Waals surface area contributed by atoms with Gasteiger partial charge < -0.3 is 10.6 Å². The maximum absolute atomic E-state index is 13.1. The molecule has 0 saturated carbocycles. The standard InChI is InChI=1S/C18H20N4O2S/c19-14-8-11-21(12-9-14)17-13-22(16-7-4-10-20-18(16)17)25(23,24)15-5-2-1-3-6-15/h1-7,10,13-14H,8-9,11-12,19H2. The number of piperidine rings is 1. The van der Waals surface area contributed by atoms with Crippen LogP contribution in [0.3, 0.4) is 0 Å². The van der Waals surface area contributed by atoms with E-state index in [0.29, 0.717) is 11.0 Å². The van der Waals surface area contributed by atoms with Gasteiger partial charge in [0, 0.05) is 31.5 Å². The molecule has 25 heavy (non-hydrogen) atoms. The summed E-state index contributed by atoms with van der Waals surface area (Å²) in [6.45, 7) is 1.62. The molecule has 0 bridgehead atoms. The number of anilines is 1. The van der Waals surface area contributed by atoms with Crippen LogP contribution in [0.25, 0.3) is 11.0 Å². The van der Waals surface area contributed by atoms with Crippen molar-refractivity contribution in [3.8, 4) is 0 Å². The summed E-state index contributed by atoms with van der Waals surface area (Å²) in [4.78, 5) is 6.89. The number of nitrogens with two attached hydrogens (primary N) is 1. The molecule has 0 radical (unpaired) electrons. The van der Waals surface area contributed by atoms with Crippen LogP contribution in [-0.4, -0.2) is 36.5 Å². The van der Waals surface area contributed by atoms with Crippen LogP contribution in [0.2, 0.25) is 0 Å². The summed E-state index contributed by atoms with van der Waals surface area (Å²) in [5.74, 6) is 0. The van der Waals surface area contributed by atoms with Gasteiger partial charge in [0.2, 0.25) is 0 Å². The number of hydrogen-bond donors (Lipinski definition) is 1. The Bertz CT molecular complexity index is 990. The van der Waals surface area contributed by atoms with E-state index in [1.807, 2.05) is 0 Å². The molecule has 7 heteroatoms. The molecule has 1 aromatic carbocycles. The first-order chi connectivity index (χ1) is 12.1. The lowest BCUT2D eigenvalue weighted by Gasteiger charge is -2.31. The lowest BCUT2D eigenvalue weighted by molar-refractivity contribution is 0.502. The molecule has 0 atom stereocenters. The number of benzene rings is 1. The van der Waals surface area contributed by atoms with Crippen LogP contribution in [0, 0.1) is 0 Å². The second-order valence-electron chi connectivity index (χ2n) is 6.32. The van der Waals surface area contributed by atoms with Crippen molar-refractivity contribution in [3.63, 3.8) is 0 Å². The van der Waals surface area contributed by atoms with Gasteiger partial charge in [0.05, 0.1) is 16.1 Å². The first-order valence-electron chi connectivity index (χ1n) is 8.34. The van der Waals surface area contributed by atoms with Gasteiger partial charge in [0.1, 0.15) is 5.52 Å². The van der Waals surface area contributed by atoms with Crippen LogP contribution >= 0.6 is 0 Å². The highest BCUT2D eigenvalue weighted by Crippen LogP contribution is 2.31. The van der Waals surface area contributed by atoms with E-state index in [0.717, 1.165) is 31.6 Å². The highest BCUT2D eigenvalue weighted by Gasteiger charge is 2.25. The normalized spacial score (nSPS) is 16.4. The minimum absolute atomic E-state index is 0.214. The summed E-state index contributed by atoms with van der Waals surface area (Å²) in [6, 6.07) is 12.2. The summed E-state index contributed by atoms with van der Waals surface area (Å²) in [6.07, 6.45) is 5.17. The number of rotatable bonds is 3. The molecule has 0 amide bonds. The van der Waals surface area contributed by atoms with E-state index in [9.17, 15) is 8.42 Å². The van der Waals surface area contributed by atoms with Crippen molar-refractivity contribution >= 4 is 26.7 Å². The lowest BCUT2D eigenvalue weighted by atomic mass is 10.1. The van der Waals surface area contributed by atoms with Gasteiger partial charge in [-0.05, 0) is 37.1 Å². The van der Waals surface area contributed by atoms with Crippen molar-refractivity contribution in [2.45, 2.75) is 23.8 Å². The predicted octanol–water partition coefficient (Wildman–Crippen LogP) is 2.20. The Hall–Kier alpha value is -2.38. The molecule has 6 nitrogen and oxygen atoms in total. The zero-order valence-corrected chi connectivity index (χ0v) is 14.6. The highest BCUT2D eigenvalue weighted by atomic mass is 32.2. The predicted molar refractivity (Wildman–Crippen MR) is 98.2 cm³/mol. The summed E-state index contributed by atoms with van der Waals surface area (Å²) < 4.78 is 27.5. The van der Waals surface area contributed by atoms with Gasteiger partial charge >= 0.3 is 0 Å². The minimum Gasteiger partial charge on any atom is -0.368 e. The summed E-state index contributed by atoms with van der Waals surface area (Å²) >= 11 is 0. The molecule has 0 aliphatic carbocycles. The molecule has 0 unspecified atom stereocenters. The molecule has 1 saturated heterocycles.